The molecule has 7 heteroatoms. The number of halogens is 2. The van der Waals surface area contributed by atoms with E-state index in [1.54, 1.807) is 12.1 Å². The average Bonchev–Trinajstić information content (AvgIpc) is 3.53. The van der Waals surface area contributed by atoms with Gasteiger partial charge in [0.05, 0.1) is 16.9 Å². The molecule has 5 nitrogen and oxygen atoms in total. The summed E-state index contributed by atoms with van der Waals surface area (Å²) in [6.45, 7) is 3.70. The second kappa shape index (κ2) is 7.03. The van der Waals surface area contributed by atoms with Crippen molar-refractivity contribution in [3.05, 3.63) is 59.0 Å². The van der Waals surface area contributed by atoms with E-state index in [1.807, 2.05) is 13.0 Å². The van der Waals surface area contributed by atoms with Gasteiger partial charge < -0.3 is 5.32 Å². The minimum Gasteiger partial charge on any atom is -0.365 e. The molecule has 29 heavy (non-hydrogen) atoms. The van der Waals surface area contributed by atoms with Crippen molar-refractivity contribution in [1.29, 1.82) is 5.26 Å². The Labute approximate surface area is 167 Å². The van der Waals surface area contributed by atoms with E-state index >= 15 is 0 Å². The van der Waals surface area contributed by atoms with Gasteiger partial charge in [0.25, 0.3) is 5.92 Å². The molecular weight excluding hydrogens is 372 g/mol. The molecule has 1 saturated carbocycles. The highest BCUT2D eigenvalue weighted by Gasteiger charge is 2.46. The maximum atomic E-state index is 14.0. The Morgan fingerprint density at radius 1 is 1.24 bits per heavy atom. The van der Waals surface area contributed by atoms with Gasteiger partial charge in [-0.1, -0.05) is 25.1 Å². The standard InChI is InChI=1S/C22H21F2N5/c1-3-22(23,24)16-6-4-5-15(9-16)11-26-19-17-10-18(21(12-25)7-8-21)14(2)29-20(17)28-13-27-19/h4-6,9-10,13H,3,7-8,11H2,1-2H3,(H,26,27,28,29). The van der Waals surface area contributed by atoms with E-state index in [2.05, 4.69) is 26.3 Å². The molecule has 0 unspecified atom stereocenters. The number of pyridine rings is 1. The molecule has 1 N–H and O–H groups in total. The normalized spacial score (nSPS) is 15.1. The molecule has 1 aliphatic rings. The average molecular weight is 393 g/mol. The lowest BCUT2D eigenvalue weighted by Crippen LogP contribution is -2.12. The zero-order valence-corrected chi connectivity index (χ0v) is 16.3. The number of anilines is 1. The molecule has 148 valence electrons. The number of hydrogen-bond acceptors (Lipinski definition) is 5. The fraction of sp³-hybridized carbons (Fsp3) is 0.364. The molecule has 0 bridgehead atoms. The van der Waals surface area contributed by atoms with Gasteiger partial charge in [-0.15, -0.1) is 0 Å². The summed E-state index contributed by atoms with van der Waals surface area (Å²) in [4.78, 5) is 13.1. The van der Waals surface area contributed by atoms with Crippen molar-refractivity contribution in [3.63, 3.8) is 0 Å². The largest absolute Gasteiger partial charge is 0.365 e. The van der Waals surface area contributed by atoms with Crippen LogP contribution in [-0.4, -0.2) is 15.0 Å². The maximum absolute atomic E-state index is 14.0. The van der Waals surface area contributed by atoms with Gasteiger partial charge in [0, 0.05) is 24.2 Å². The van der Waals surface area contributed by atoms with E-state index in [4.69, 9.17) is 0 Å². The van der Waals surface area contributed by atoms with Crippen molar-refractivity contribution >= 4 is 16.9 Å². The van der Waals surface area contributed by atoms with Gasteiger partial charge in [-0.3, -0.25) is 0 Å². The summed E-state index contributed by atoms with van der Waals surface area (Å²) in [6, 6.07) is 10.8. The van der Waals surface area contributed by atoms with Crippen LogP contribution < -0.4 is 5.32 Å². The summed E-state index contributed by atoms with van der Waals surface area (Å²) in [6.07, 6.45) is 2.84. The molecule has 0 spiro atoms. The van der Waals surface area contributed by atoms with Crippen LogP contribution in [0.4, 0.5) is 14.6 Å². The van der Waals surface area contributed by atoms with Gasteiger partial charge in [0.2, 0.25) is 0 Å². The third-order valence-corrected chi connectivity index (χ3v) is 5.55. The topological polar surface area (TPSA) is 74.5 Å². The first kappa shape index (κ1) is 19.2. The first-order chi connectivity index (χ1) is 13.9. The number of nitriles is 1. The molecular formula is C22H21F2N5. The smallest absolute Gasteiger partial charge is 0.273 e. The number of hydrogen-bond donors (Lipinski definition) is 1. The van der Waals surface area contributed by atoms with Crippen molar-refractivity contribution in [1.82, 2.24) is 15.0 Å². The van der Waals surface area contributed by atoms with Crippen molar-refractivity contribution in [2.45, 2.75) is 51.0 Å². The summed E-state index contributed by atoms with van der Waals surface area (Å²) in [5, 5.41) is 13.5. The Hall–Kier alpha value is -3.14. The minimum absolute atomic E-state index is 0.0103. The van der Waals surface area contributed by atoms with E-state index in [0.717, 1.165) is 35.0 Å². The number of benzene rings is 1. The van der Waals surface area contributed by atoms with E-state index in [9.17, 15) is 14.0 Å². The first-order valence-corrected chi connectivity index (χ1v) is 9.64. The van der Waals surface area contributed by atoms with E-state index in [-0.39, 0.29) is 12.0 Å². The Morgan fingerprint density at radius 3 is 2.72 bits per heavy atom. The quantitative estimate of drug-likeness (QED) is 0.638. The van der Waals surface area contributed by atoms with Crippen molar-refractivity contribution in [2.24, 2.45) is 0 Å². The van der Waals surface area contributed by atoms with Gasteiger partial charge in [-0.05, 0) is 43.0 Å². The van der Waals surface area contributed by atoms with E-state index in [1.165, 1.54) is 25.4 Å². The molecule has 2 aromatic heterocycles. The number of aromatic nitrogens is 3. The van der Waals surface area contributed by atoms with Crippen LogP contribution in [0.2, 0.25) is 0 Å². The van der Waals surface area contributed by atoms with Crippen molar-refractivity contribution < 1.29 is 8.78 Å². The molecule has 2 heterocycles. The molecule has 0 aliphatic heterocycles. The van der Waals surface area contributed by atoms with Gasteiger partial charge in [-0.25, -0.2) is 23.7 Å². The monoisotopic (exact) mass is 393 g/mol. The Bertz CT molecular complexity index is 1120. The second-order valence-electron chi connectivity index (χ2n) is 7.52. The van der Waals surface area contributed by atoms with Gasteiger partial charge in [-0.2, -0.15) is 5.26 Å². The molecule has 0 atom stereocenters. The maximum Gasteiger partial charge on any atom is 0.273 e. The summed E-state index contributed by atoms with van der Waals surface area (Å²) < 4.78 is 28.0. The number of alkyl halides is 2. The molecule has 0 saturated heterocycles. The van der Waals surface area contributed by atoms with Gasteiger partial charge in [0.15, 0.2) is 5.65 Å². The highest BCUT2D eigenvalue weighted by molar-refractivity contribution is 5.87. The van der Waals surface area contributed by atoms with Crippen LogP contribution in [0.25, 0.3) is 11.0 Å². The lowest BCUT2D eigenvalue weighted by atomic mass is 9.95. The summed E-state index contributed by atoms with van der Waals surface area (Å²) in [5.74, 6) is -2.27. The van der Waals surface area contributed by atoms with Crippen LogP contribution in [-0.2, 0) is 17.9 Å². The van der Waals surface area contributed by atoms with Crippen molar-refractivity contribution in [2.75, 3.05) is 5.32 Å². The Morgan fingerprint density at radius 2 is 2.03 bits per heavy atom. The summed E-state index contributed by atoms with van der Waals surface area (Å²) in [7, 11) is 0. The summed E-state index contributed by atoms with van der Waals surface area (Å²) in [5.41, 5.74) is 2.54. The Balaban J connectivity index is 1.65. The molecule has 0 radical (unpaired) electrons. The van der Waals surface area contributed by atoms with Crippen LogP contribution in [0, 0.1) is 18.3 Å². The molecule has 1 aliphatic carbocycles. The zero-order chi connectivity index (χ0) is 20.6. The lowest BCUT2D eigenvalue weighted by Gasteiger charge is -2.16. The van der Waals surface area contributed by atoms with Crippen LogP contribution in [0.15, 0.2) is 36.7 Å². The van der Waals surface area contributed by atoms with Crippen LogP contribution >= 0.6 is 0 Å². The number of rotatable bonds is 6. The SMILES string of the molecule is CCC(F)(F)c1cccc(CNc2ncnc3nc(C)c(C4(C#N)CC4)cc23)c1. The molecule has 3 aromatic rings. The lowest BCUT2D eigenvalue weighted by molar-refractivity contribution is -0.00835. The summed E-state index contributed by atoms with van der Waals surface area (Å²) >= 11 is 0. The highest BCUT2D eigenvalue weighted by atomic mass is 19.3. The van der Waals surface area contributed by atoms with Gasteiger partial charge >= 0.3 is 0 Å². The first-order valence-electron chi connectivity index (χ1n) is 9.64. The van der Waals surface area contributed by atoms with Crippen molar-refractivity contribution in [3.8, 4) is 6.07 Å². The molecule has 4 rings (SSSR count). The predicted molar refractivity (Wildman–Crippen MR) is 107 cm³/mol. The second-order valence-corrected chi connectivity index (χ2v) is 7.52. The van der Waals surface area contributed by atoms with Crippen LogP contribution in [0.3, 0.4) is 0 Å². The number of nitrogens with one attached hydrogen (secondary N) is 1. The third-order valence-electron chi connectivity index (χ3n) is 5.55. The fourth-order valence-corrected chi connectivity index (χ4v) is 3.57. The number of aryl methyl sites for hydroxylation is 1. The van der Waals surface area contributed by atoms with Crippen LogP contribution in [0.5, 0.6) is 0 Å². The van der Waals surface area contributed by atoms with E-state index < -0.39 is 11.3 Å². The number of fused-ring (bicyclic) bond motifs is 1. The van der Waals surface area contributed by atoms with Crippen LogP contribution in [0.1, 0.15) is 48.6 Å². The fourth-order valence-electron chi connectivity index (χ4n) is 3.57. The molecule has 1 fully saturated rings. The molecule has 0 amide bonds. The van der Waals surface area contributed by atoms with E-state index in [0.29, 0.717) is 18.0 Å². The predicted octanol–water partition coefficient (Wildman–Crippen LogP) is 5.00. The van der Waals surface area contributed by atoms with Gasteiger partial charge in [0.1, 0.15) is 12.1 Å². The Kier molecular flexibility index (Phi) is 4.65. The third kappa shape index (κ3) is 3.51. The number of nitrogens with zero attached hydrogens (tertiary/aromatic N) is 4. The highest BCUT2D eigenvalue weighted by Crippen LogP contribution is 2.49. The molecule has 1 aromatic carbocycles. The zero-order valence-electron chi connectivity index (χ0n) is 16.3. The minimum atomic E-state index is -2.84.